The lowest BCUT2D eigenvalue weighted by atomic mass is 10.1. The summed E-state index contributed by atoms with van der Waals surface area (Å²) in [6.45, 7) is 1.79. The molecule has 0 amide bonds. The summed E-state index contributed by atoms with van der Waals surface area (Å²) in [6, 6.07) is 0. The summed E-state index contributed by atoms with van der Waals surface area (Å²) in [5.41, 5.74) is 0. The monoisotopic (exact) mass is 358 g/mol. The second-order valence-corrected chi connectivity index (χ2v) is 6.33. The van der Waals surface area contributed by atoms with Crippen LogP contribution in [-0.2, 0) is 23.9 Å². The molecule has 0 aromatic heterocycles. The maximum absolute atomic E-state index is 11.5. The zero-order valence-corrected chi connectivity index (χ0v) is 15.6. The van der Waals surface area contributed by atoms with E-state index in [1.165, 1.54) is 0 Å². The van der Waals surface area contributed by atoms with E-state index in [0.29, 0.717) is 12.8 Å². The van der Waals surface area contributed by atoms with Gasteiger partial charge in [0.1, 0.15) is 0 Å². The first-order chi connectivity index (χ1) is 12.1. The molecule has 0 unspecified atom stereocenters. The molecule has 0 heterocycles. The van der Waals surface area contributed by atoms with Crippen molar-refractivity contribution in [2.75, 3.05) is 6.79 Å². The maximum atomic E-state index is 11.5. The number of esters is 2. The smallest absolute Gasteiger partial charge is 0.308 e. The lowest BCUT2D eigenvalue weighted by Gasteiger charge is -2.06. The number of carboxylic acid groups (broad SMARTS) is 1. The van der Waals surface area contributed by atoms with Crippen LogP contribution in [0.1, 0.15) is 96.8 Å². The molecule has 0 aliphatic heterocycles. The van der Waals surface area contributed by atoms with Gasteiger partial charge in [-0.1, -0.05) is 58.3 Å². The topological polar surface area (TPSA) is 89.9 Å². The van der Waals surface area contributed by atoms with Gasteiger partial charge < -0.3 is 14.6 Å². The molecular weight excluding hydrogens is 324 g/mol. The summed E-state index contributed by atoms with van der Waals surface area (Å²) in [5, 5.41) is 8.52. The van der Waals surface area contributed by atoms with Crippen molar-refractivity contribution in [1.29, 1.82) is 0 Å². The number of unbranched alkanes of at least 4 members (excludes halogenated alkanes) is 9. The van der Waals surface area contributed by atoms with Crippen molar-refractivity contribution >= 4 is 17.9 Å². The molecule has 0 bridgehead atoms. The molecular formula is C19H34O6. The normalized spacial score (nSPS) is 10.4. The Morgan fingerprint density at radius 2 is 1.04 bits per heavy atom. The van der Waals surface area contributed by atoms with Gasteiger partial charge in [-0.3, -0.25) is 14.4 Å². The highest BCUT2D eigenvalue weighted by Gasteiger charge is 2.06. The van der Waals surface area contributed by atoms with Gasteiger partial charge in [0, 0.05) is 19.3 Å². The highest BCUT2D eigenvalue weighted by atomic mass is 16.7. The van der Waals surface area contributed by atoms with Crippen LogP contribution in [-0.4, -0.2) is 29.8 Å². The lowest BCUT2D eigenvalue weighted by Crippen LogP contribution is -2.12. The quantitative estimate of drug-likeness (QED) is 0.232. The average Bonchev–Trinajstić information content (AvgIpc) is 2.56. The average molecular weight is 358 g/mol. The fraction of sp³-hybridized carbons (Fsp3) is 0.842. The summed E-state index contributed by atoms with van der Waals surface area (Å²) in [4.78, 5) is 33.2. The molecule has 0 saturated carbocycles. The molecule has 0 aliphatic rings. The first kappa shape index (κ1) is 23.4. The SMILES string of the molecule is CCCCCC(=O)OCOC(=O)CCCCCCCCCCC(=O)O. The van der Waals surface area contributed by atoms with E-state index in [2.05, 4.69) is 6.92 Å². The molecule has 0 radical (unpaired) electrons. The predicted molar refractivity (Wildman–Crippen MR) is 95.0 cm³/mol. The Morgan fingerprint density at radius 1 is 0.640 bits per heavy atom. The molecule has 0 spiro atoms. The molecule has 1 N–H and O–H groups in total. The van der Waals surface area contributed by atoms with Crippen LogP contribution in [0.5, 0.6) is 0 Å². The van der Waals surface area contributed by atoms with Gasteiger partial charge in [0.15, 0.2) is 0 Å². The number of carbonyl (C=O) groups is 3. The van der Waals surface area contributed by atoms with Crippen LogP contribution in [0.15, 0.2) is 0 Å². The van der Waals surface area contributed by atoms with E-state index in [-0.39, 0.29) is 25.2 Å². The Hall–Kier alpha value is -1.59. The van der Waals surface area contributed by atoms with Crippen LogP contribution >= 0.6 is 0 Å². The lowest BCUT2D eigenvalue weighted by molar-refractivity contribution is -0.167. The van der Waals surface area contributed by atoms with Gasteiger partial charge in [-0.05, 0) is 19.3 Å². The summed E-state index contributed by atoms with van der Waals surface area (Å²) < 4.78 is 9.73. The molecule has 6 nitrogen and oxygen atoms in total. The van der Waals surface area contributed by atoms with Gasteiger partial charge in [-0.25, -0.2) is 0 Å². The minimum Gasteiger partial charge on any atom is -0.481 e. The summed E-state index contributed by atoms with van der Waals surface area (Å²) in [6.07, 6.45) is 11.7. The summed E-state index contributed by atoms with van der Waals surface area (Å²) >= 11 is 0. The van der Waals surface area contributed by atoms with Crippen LogP contribution in [0.3, 0.4) is 0 Å². The van der Waals surface area contributed by atoms with Crippen LogP contribution in [0.25, 0.3) is 0 Å². The summed E-state index contributed by atoms with van der Waals surface area (Å²) in [5.74, 6) is -1.36. The van der Waals surface area contributed by atoms with Crippen molar-refractivity contribution in [2.45, 2.75) is 96.8 Å². The van der Waals surface area contributed by atoms with Crippen molar-refractivity contribution in [2.24, 2.45) is 0 Å². The van der Waals surface area contributed by atoms with E-state index < -0.39 is 5.97 Å². The van der Waals surface area contributed by atoms with Crippen molar-refractivity contribution in [3.05, 3.63) is 0 Å². The van der Waals surface area contributed by atoms with Gasteiger partial charge in [-0.2, -0.15) is 0 Å². The van der Waals surface area contributed by atoms with Gasteiger partial charge >= 0.3 is 17.9 Å². The van der Waals surface area contributed by atoms with Crippen molar-refractivity contribution in [3.8, 4) is 0 Å². The minimum atomic E-state index is -0.724. The van der Waals surface area contributed by atoms with Crippen LogP contribution in [0, 0.1) is 0 Å². The molecule has 6 heteroatoms. The number of rotatable bonds is 17. The first-order valence-electron chi connectivity index (χ1n) is 9.59. The Labute approximate surface area is 151 Å². The third kappa shape index (κ3) is 18.6. The Kier molecular flexibility index (Phi) is 16.1. The number of aliphatic carboxylic acids is 1. The van der Waals surface area contributed by atoms with Crippen LogP contribution in [0.4, 0.5) is 0 Å². The third-order valence-corrected chi connectivity index (χ3v) is 3.95. The van der Waals surface area contributed by atoms with E-state index in [0.717, 1.165) is 70.6 Å². The molecule has 0 aromatic carbocycles. The molecule has 25 heavy (non-hydrogen) atoms. The van der Waals surface area contributed by atoms with E-state index in [9.17, 15) is 14.4 Å². The highest BCUT2D eigenvalue weighted by Crippen LogP contribution is 2.11. The van der Waals surface area contributed by atoms with Crippen LogP contribution in [0.2, 0.25) is 0 Å². The standard InChI is InChI=1S/C19H34O6/c1-2-3-10-14-18(22)24-16-25-19(23)15-12-9-7-5-4-6-8-11-13-17(20)21/h2-16H2,1H3,(H,20,21). The fourth-order valence-electron chi connectivity index (χ4n) is 2.43. The number of carbonyl (C=O) groups excluding carboxylic acids is 2. The molecule has 0 aromatic rings. The molecule has 0 atom stereocenters. The Balaban J connectivity index is 3.30. The first-order valence-corrected chi connectivity index (χ1v) is 9.59. The second-order valence-electron chi connectivity index (χ2n) is 6.33. The van der Waals surface area contributed by atoms with Gasteiger partial charge in [-0.15, -0.1) is 0 Å². The Bertz CT molecular complexity index is 367. The predicted octanol–water partition coefficient (Wildman–Crippen LogP) is 4.60. The molecule has 0 saturated heterocycles. The Morgan fingerprint density at radius 3 is 1.48 bits per heavy atom. The molecule has 0 fully saturated rings. The van der Waals surface area contributed by atoms with Crippen LogP contribution < -0.4 is 0 Å². The molecule has 146 valence electrons. The third-order valence-electron chi connectivity index (χ3n) is 3.95. The van der Waals surface area contributed by atoms with E-state index >= 15 is 0 Å². The van der Waals surface area contributed by atoms with E-state index in [4.69, 9.17) is 14.6 Å². The van der Waals surface area contributed by atoms with E-state index in [1.807, 2.05) is 0 Å². The number of carboxylic acids is 1. The van der Waals surface area contributed by atoms with Crippen molar-refractivity contribution < 1.29 is 29.0 Å². The minimum absolute atomic E-state index is 0.260. The zero-order valence-electron chi connectivity index (χ0n) is 15.6. The van der Waals surface area contributed by atoms with Gasteiger partial charge in [0.25, 0.3) is 0 Å². The fourth-order valence-corrected chi connectivity index (χ4v) is 2.43. The van der Waals surface area contributed by atoms with Crippen molar-refractivity contribution in [1.82, 2.24) is 0 Å². The van der Waals surface area contributed by atoms with Gasteiger partial charge in [0.05, 0.1) is 0 Å². The van der Waals surface area contributed by atoms with Gasteiger partial charge in [0.2, 0.25) is 6.79 Å². The zero-order chi connectivity index (χ0) is 18.8. The second kappa shape index (κ2) is 17.2. The highest BCUT2D eigenvalue weighted by molar-refractivity contribution is 5.70. The number of ether oxygens (including phenoxy) is 2. The number of hydrogen-bond donors (Lipinski definition) is 1. The van der Waals surface area contributed by atoms with E-state index in [1.54, 1.807) is 0 Å². The largest absolute Gasteiger partial charge is 0.481 e. The molecule has 0 rings (SSSR count). The molecule has 0 aliphatic carbocycles. The maximum Gasteiger partial charge on any atom is 0.308 e. The van der Waals surface area contributed by atoms with Crippen molar-refractivity contribution in [3.63, 3.8) is 0 Å². The summed E-state index contributed by atoms with van der Waals surface area (Å²) in [7, 11) is 0. The number of hydrogen-bond acceptors (Lipinski definition) is 5.